The molecule has 2 atom stereocenters. The number of aliphatic hydroxyl groups excluding tert-OH is 1. The summed E-state index contributed by atoms with van der Waals surface area (Å²) >= 11 is 0. The number of hydrogen-bond acceptors (Lipinski definition) is 5. The highest BCUT2D eigenvalue weighted by molar-refractivity contribution is 5.92. The summed E-state index contributed by atoms with van der Waals surface area (Å²) in [5.41, 5.74) is -0.681. The molecule has 0 saturated carbocycles. The van der Waals surface area contributed by atoms with Crippen molar-refractivity contribution in [2.75, 3.05) is 19.7 Å². The Morgan fingerprint density at radius 3 is 2.37 bits per heavy atom. The van der Waals surface area contributed by atoms with Crippen molar-refractivity contribution in [1.82, 2.24) is 15.5 Å². The number of rotatable bonds is 8. The molecule has 27 heavy (non-hydrogen) atoms. The quantitative estimate of drug-likeness (QED) is 0.519. The molecule has 0 bridgehead atoms. The van der Waals surface area contributed by atoms with Gasteiger partial charge in [-0.25, -0.2) is 0 Å². The number of aliphatic hydroxyl groups is 1. The van der Waals surface area contributed by atoms with E-state index in [2.05, 4.69) is 10.6 Å². The second-order valence-corrected chi connectivity index (χ2v) is 8.98. The van der Waals surface area contributed by atoms with E-state index in [4.69, 9.17) is 0 Å². The summed E-state index contributed by atoms with van der Waals surface area (Å²) in [5.74, 6) is -1.30. The minimum absolute atomic E-state index is 0.0393. The molecule has 0 aromatic rings. The van der Waals surface area contributed by atoms with E-state index in [1.807, 2.05) is 34.6 Å². The molecule has 1 fully saturated rings. The number of nitrogens with zero attached hydrogens (tertiary/aromatic N) is 1. The normalized spacial score (nSPS) is 18.7. The van der Waals surface area contributed by atoms with Crippen LogP contribution < -0.4 is 10.6 Å². The SMILES string of the molecule is CC(C)(C)CC(C)(C)C(=O)NCC(=O)N[C@@H](CO)C(=O)N1CCCC1C=O. The second-order valence-electron chi connectivity index (χ2n) is 8.98. The highest BCUT2D eigenvalue weighted by Gasteiger charge is 2.34. The van der Waals surface area contributed by atoms with Crippen LogP contribution in [0.1, 0.15) is 53.9 Å². The molecule has 0 spiro atoms. The molecule has 1 aliphatic heterocycles. The van der Waals surface area contributed by atoms with Crippen molar-refractivity contribution < 1.29 is 24.3 Å². The third-order valence-corrected chi connectivity index (χ3v) is 4.55. The lowest BCUT2D eigenvalue weighted by Crippen LogP contribution is -2.54. The molecular weight excluding hydrogens is 350 g/mol. The van der Waals surface area contributed by atoms with Crippen LogP contribution in [0.5, 0.6) is 0 Å². The van der Waals surface area contributed by atoms with Gasteiger partial charge in [0.25, 0.3) is 0 Å². The molecule has 154 valence electrons. The summed E-state index contributed by atoms with van der Waals surface area (Å²) in [7, 11) is 0. The number of nitrogens with one attached hydrogen (secondary N) is 2. The molecule has 0 aromatic carbocycles. The number of amides is 3. The zero-order chi connectivity index (χ0) is 20.8. The average molecular weight is 383 g/mol. The van der Waals surface area contributed by atoms with Gasteiger partial charge in [-0.05, 0) is 24.7 Å². The van der Waals surface area contributed by atoms with Gasteiger partial charge in [-0.2, -0.15) is 0 Å². The predicted octanol–water partition coefficient (Wildman–Crippen LogP) is 0.232. The van der Waals surface area contributed by atoms with Gasteiger partial charge in [0.05, 0.1) is 19.2 Å². The van der Waals surface area contributed by atoms with E-state index in [0.29, 0.717) is 32.1 Å². The maximum Gasteiger partial charge on any atom is 0.248 e. The number of aldehydes is 1. The van der Waals surface area contributed by atoms with Crippen molar-refractivity contribution in [2.45, 2.75) is 66.0 Å². The number of carbonyl (C=O) groups excluding carboxylic acids is 4. The predicted molar refractivity (Wildman–Crippen MR) is 101 cm³/mol. The zero-order valence-electron chi connectivity index (χ0n) is 17.0. The largest absolute Gasteiger partial charge is 0.394 e. The van der Waals surface area contributed by atoms with Gasteiger partial charge in [0.15, 0.2) is 0 Å². The van der Waals surface area contributed by atoms with Gasteiger partial charge in [-0.3, -0.25) is 14.4 Å². The summed E-state index contributed by atoms with van der Waals surface area (Å²) in [6.07, 6.45) is 2.65. The fourth-order valence-corrected chi connectivity index (χ4v) is 3.64. The Bertz CT molecular complexity index is 568. The fraction of sp³-hybridized carbons (Fsp3) is 0.789. The number of likely N-dealkylation sites (tertiary alicyclic amines) is 1. The molecule has 3 amide bonds. The fourth-order valence-electron chi connectivity index (χ4n) is 3.64. The van der Waals surface area contributed by atoms with Crippen LogP contribution in [0.25, 0.3) is 0 Å². The molecule has 8 heteroatoms. The topological polar surface area (TPSA) is 116 Å². The first-order valence-electron chi connectivity index (χ1n) is 9.35. The molecule has 1 aliphatic rings. The van der Waals surface area contributed by atoms with Crippen molar-refractivity contribution in [1.29, 1.82) is 0 Å². The summed E-state index contributed by atoms with van der Waals surface area (Å²) in [6.45, 7) is 9.32. The van der Waals surface area contributed by atoms with Gasteiger partial charge in [0.2, 0.25) is 17.7 Å². The van der Waals surface area contributed by atoms with Crippen LogP contribution in [0.15, 0.2) is 0 Å². The van der Waals surface area contributed by atoms with E-state index in [0.717, 1.165) is 0 Å². The summed E-state index contributed by atoms with van der Waals surface area (Å²) in [6, 6.07) is -1.64. The third kappa shape index (κ3) is 6.93. The Morgan fingerprint density at radius 1 is 1.22 bits per heavy atom. The van der Waals surface area contributed by atoms with Gasteiger partial charge in [-0.15, -0.1) is 0 Å². The maximum atomic E-state index is 12.4. The minimum atomic E-state index is -1.13. The second kappa shape index (κ2) is 9.30. The van der Waals surface area contributed by atoms with E-state index in [9.17, 15) is 24.3 Å². The standard InChI is InChI=1S/C19H33N3O5/c1-18(2,3)12-19(4,5)17(27)20-9-15(25)21-14(11-24)16(26)22-8-6-7-13(22)10-23/h10,13-14,24H,6-9,11-12H2,1-5H3,(H,20,27)(H,21,25)/t13?,14-/m0/s1. The maximum absolute atomic E-state index is 12.4. The Balaban J connectivity index is 2.58. The molecule has 1 unspecified atom stereocenters. The third-order valence-electron chi connectivity index (χ3n) is 4.55. The van der Waals surface area contributed by atoms with Gasteiger partial charge in [-0.1, -0.05) is 34.6 Å². The molecule has 0 aromatic heterocycles. The minimum Gasteiger partial charge on any atom is -0.394 e. The summed E-state index contributed by atoms with van der Waals surface area (Å²) in [4.78, 5) is 49.3. The lowest BCUT2D eigenvalue weighted by atomic mass is 9.76. The van der Waals surface area contributed by atoms with Crippen LogP contribution in [0.3, 0.4) is 0 Å². The van der Waals surface area contributed by atoms with E-state index >= 15 is 0 Å². The van der Waals surface area contributed by atoms with Crippen LogP contribution in [-0.4, -0.2) is 65.8 Å². The van der Waals surface area contributed by atoms with E-state index in [1.54, 1.807) is 0 Å². The first-order chi connectivity index (χ1) is 12.4. The Hall–Kier alpha value is -1.96. The number of carbonyl (C=O) groups is 4. The van der Waals surface area contributed by atoms with Crippen LogP contribution >= 0.6 is 0 Å². The lowest BCUT2D eigenvalue weighted by Gasteiger charge is -2.31. The van der Waals surface area contributed by atoms with Gasteiger partial charge < -0.3 is 25.4 Å². The van der Waals surface area contributed by atoms with Crippen molar-refractivity contribution >= 4 is 24.0 Å². The zero-order valence-corrected chi connectivity index (χ0v) is 17.0. The van der Waals surface area contributed by atoms with Crippen LogP contribution in [0.4, 0.5) is 0 Å². The van der Waals surface area contributed by atoms with Gasteiger partial charge in [0, 0.05) is 12.0 Å². The molecule has 1 rings (SSSR count). The molecule has 1 saturated heterocycles. The monoisotopic (exact) mass is 383 g/mol. The molecular formula is C19H33N3O5. The van der Waals surface area contributed by atoms with Crippen LogP contribution in [0.2, 0.25) is 0 Å². The number of hydrogen-bond donors (Lipinski definition) is 3. The van der Waals surface area contributed by atoms with Crippen molar-refractivity contribution in [3.8, 4) is 0 Å². The van der Waals surface area contributed by atoms with Crippen LogP contribution in [0, 0.1) is 10.8 Å². The van der Waals surface area contributed by atoms with Crippen molar-refractivity contribution in [2.24, 2.45) is 10.8 Å². The smallest absolute Gasteiger partial charge is 0.248 e. The van der Waals surface area contributed by atoms with E-state index < -0.39 is 35.9 Å². The first kappa shape index (κ1) is 23.1. The molecule has 3 N–H and O–H groups in total. The molecule has 0 aliphatic carbocycles. The average Bonchev–Trinajstić information content (AvgIpc) is 3.03. The molecule has 1 heterocycles. The first-order valence-corrected chi connectivity index (χ1v) is 9.35. The highest BCUT2D eigenvalue weighted by atomic mass is 16.3. The van der Waals surface area contributed by atoms with Crippen molar-refractivity contribution in [3.63, 3.8) is 0 Å². The van der Waals surface area contributed by atoms with Crippen LogP contribution in [-0.2, 0) is 19.2 Å². The summed E-state index contributed by atoms with van der Waals surface area (Å²) < 4.78 is 0. The Kier molecular flexibility index (Phi) is 7.95. The summed E-state index contributed by atoms with van der Waals surface area (Å²) in [5, 5.41) is 14.5. The van der Waals surface area contributed by atoms with Gasteiger partial charge >= 0.3 is 0 Å². The van der Waals surface area contributed by atoms with E-state index in [1.165, 1.54) is 4.90 Å². The molecule has 0 radical (unpaired) electrons. The Morgan fingerprint density at radius 2 is 1.85 bits per heavy atom. The lowest BCUT2D eigenvalue weighted by molar-refractivity contribution is -0.140. The highest BCUT2D eigenvalue weighted by Crippen LogP contribution is 2.33. The van der Waals surface area contributed by atoms with Gasteiger partial charge in [0.1, 0.15) is 12.3 Å². The Labute approximate surface area is 161 Å². The van der Waals surface area contributed by atoms with E-state index in [-0.39, 0.29) is 17.9 Å². The van der Waals surface area contributed by atoms with Crippen molar-refractivity contribution in [3.05, 3.63) is 0 Å². The molecule has 8 nitrogen and oxygen atoms in total.